The summed E-state index contributed by atoms with van der Waals surface area (Å²) in [4.78, 5) is 1.94. The summed E-state index contributed by atoms with van der Waals surface area (Å²) >= 11 is 0. The molecule has 1 N–H and O–H groups in total. The van der Waals surface area contributed by atoms with E-state index in [4.69, 9.17) is 18.6 Å². The van der Waals surface area contributed by atoms with Crippen LogP contribution in [0.2, 0.25) is 0 Å². The topological polar surface area (TPSA) is 96.7 Å². The Kier molecular flexibility index (Phi) is 39.2. The van der Waals surface area contributed by atoms with Gasteiger partial charge in [0.15, 0.2) is 0 Å². The summed E-state index contributed by atoms with van der Waals surface area (Å²) in [5, 5.41) is 0. The standard InChI is InChI=1S/C36H75N.ClHO4/c1-4-7-10-13-16-19-22-25-28-31-34-37(35-32-29-26-23-20-17-14-11-8-5-2)36-33-30-27-24-21-18-15-12-9-6-3;2-1(3,4)5/h4-36H2,1-3H3;(H,2,3,4,5). The molecule has 0 radical (unpaired) electrons. The second-order valence-corrected chi connectivity index (χ2v) is 13.7. The van der Waals surface area contributed by atoms with E-state index in [2.05, 4.69) is 20.8 Å². The van der Waals surface area contributed by atoms with Crippen LogP contribution in [0.15, 0.2) is 0 Å². The summed E-state index contributed by atoms with van der Waals surface area (Å²) in [5.41, 5.74) is 0. The zero-order valence-corrected chi connectivity index (χ0v) is 29.6. The van der Waals surface area contributed by atoms with Crippen LogP contribution in [0, 0.1) is 10.2 Å². The minimum absolute atomic E-state index is 1.37. The van der Waals surface area contributed by atoms with Gasteiger partial charge in [0.2, 0.25) is 0 Å². The van der Waals surface area contributed by atoms with E-state index in [9.17, 15) is 0 Å². The van der Waals surface area contributed by atoms with Crippen molar-refractivity contribution in [3.63, 3.8) is 0 Å². The third kappa shape index (κ3) is 47.0. The molecule has 0 atom stereocenters. The van der Waals surface area contributed by atoms with Gasteiger partial charge in [-0.3, -0.25) is 0 Å². The quantitative estimate of drug-likeness (QED) is 0.0808. The fourth-order valence-electron chi connectivity index (χ4n) is 5.96. The van der Waals surface area contributed by atoms with E-state index < -0.39 is 10.2 Å². The first-order chi connectivity index (χ1) is 20.3. The fourth-order valence-corrected chi connectivity index (χ4v) is 5.96. The van der Waals surface area contributed by atoms with Crippen molar-refractivity contribution in [2.75, 3.05) is 19.6 Å². The van der Waals surface area contributed by atoms with E-state index in [0.29, 0.717) is 0 Å². The van der Waals surface area contributed by atoms with Crippen LogP contribution in [0.5, 0.6) is 0 Å². The average Bonchev–Trinajstić information content (AvgIpc) is 2.94. The number of hydrogen-bond acceptors (Lipinski definition) is 4. The molecule has 0 aromatic rings. The maximum atomic E-state index is 8.49. The predicted octanol–water partition coefficient (Wildman–Crippen LogP) is 6.88. The maximum absolute atomic E-state index is 8.49. The molecule has 42 heavy (non-hydrogen) atoms. The summed E-state index contributed by atoms with van der Waals surface area (Å²) in [5.74, 6) is 0. The van der Waals surface area contributed by atoms with Crippen molar-refractivity contribution < 1.29 is 33.8 Å². The third-order valence-corrected chi connectivity index (χ3v) is 8.65. The van der Waals surface area contributed by atoms with Gasteiger partial charge in [0, 0.05) is 0 Å². The van der Waals surface area contributed by atoms with Gasteiger partial charge in [0.05, 0.1) is 19.6 Å². The Hall–Kier alpha value is 0.0900. The van der Waals surface area contributed by atoms with Crippen molar-refractivity contribution >= 4 is 0 Å². The molecule has 6 heteroatoms. The van der Waals surface area contributed by atoms with Gasteiger partial charge in [-0.25, -0.2) is 18.6 Å². The molecule has 0 bridgehead atoms. The van der Waals surface area contributed by atoms with Crippen molar-refractivity contribution in [3.05, 3.63) is 0 Å². The van der Waals surface area contributed by atoms with Gasteiger partial charge >= 0.3 is 0 Å². The number of quaternary nitrogens is 1. The Balaban J connectivity index is 0. The van der Waals surface area contributed by atoms with Gasteiger partial charge in [-0.15, -0.1) is 10.2 Å². The highest BCUT2D eigenvalue weighted by Gasteiger charge is 2.08. The van der Waals surface area contributed by atoms with E-state index in [1.807, 2.05) is 4.90 Å². The van der Waals surface area contributed by atoms with Gasteiger partial charge in [0.1, 0.15) is 0 Å². The second kappa shape index (κ2) is 37.3. The molecule has 0 saturated heterocycles. The van der Waals surface area contributed by atoms with Gasteiger partial charge in [-0.2, -0.15) is 0 Å². The van der Waals surface area contributed by atoms with E-state index in [1.54, 1.807) is 0 Å². The summed E-state index contributed by atoms with van der Waals surface area (Å²) in [7, 11) is -4.94. The van der Waals surface area contributed by atoms with Crippen LogP contribution in [0.4, 0.5) is 0 Å². The highest BCUT2D eigenvalue weighted by molar-refractivity contribution is 4.51. The largest absolute Gasteiger partial charge is 0.335 e. The Morgan fingerprint density at radius 1 is 0.286 bits per heavy atom. The van der Waals surface area contributed by atoms with Gasteiger partial charge < -0.3 is 4.90 Å². The number of rotatable bonds is 33. The van der Waals surface area contributed by atoms with Gasteiger partial charge in [-0.1, -0.05) is 175 Å². The molecule has 256 valence electrons. The predicted molar refractivity (Wildman–Crippen MR) is 171 cm³/mol. The van der Waals surface area contributed by atoms with Crippen molar-refractivity contribution in [1.29, 1.82) is 0 Å². The van der Waals surface area contributed by atoms with Crippen molar-refractivity contribution in [2.24, 2.45) is 0 Å². The molecule has 0 aliphatic carbocycles. The first kappa shape index (κ1) is 44.2. The van der Waals surface area contributed by atoms with Crippen LogP contribution < -0.4 is 23.5 Å². The molecule has 0 rings (SSSR count). The van der Waals surface area contributed by atoms with Crippen molar-refractivity contribution in [3.8, 4) is 0 Å². The average molecular weight is 622 g/mol. The minimum atomic E-state index is -4.94. The first-order valence-corrected chi connectivity index (χ1v) is 20.0. The summed E-state index contributed by atoms with van der Waals surface area (Å²) in [6.07, 6.45) is 43.9. The van der Waals surface area contributed by atoms with Crippen LogP contribution in [0.25, 0.3) is 0 Å². The molecule has 0 aromatic heterocycles. The van der Waals surface area contributed by atoms with Gasteiger partial charge in [0.25, 0.3) is 0 Å². The lowest BCUT2D eigenvalue weighted by Gasteiger charge is -2.20. The van der Waals surface area contributed by atoms with E-state index >= 15 is 0 Å². The summed E-state index contributed by atoms with van der Waals surface area (Å²) < 4.78 is 34.0. The van der Waals surface area contributed by atoms with Crippen LogP contribution in [0.1, 0.15) is 213 Å². The highest BCUT2D eigenvalue weighted by atomic mass is 35.7. The van der Waals surface area contributed by atoms with Crippen LogP contribution in [-0.2, 0) is 0 Å². The zero-order chi connectivity index (χ0) is 31.4. The molecule has 0 spiro atoms. The lowest BCUT2D eigenvalue weighted by atomic mass is 10.1. The van der Waals surface area contributed by atoms with E-state index in [1.165, 1.54) is 212 Å². The number of unbranched alkanes of at least 4 members (excludes halogenated alkanes) is 27. The Morgan fingerprint density at radius 2 is 0.429 bits per heavy atom. The van der Waals surface area contributed by atoms with Crippen LogP contribution in [-0.4, -0.2) is 19.6 Å². The molecule has 5 nitrogen and oxygen atoms in total. The second-order valence-electron chi connectivity index (χ2n) is 12.9. The lowest BCUT2D eigenvalue weighted by molar-refractivity contribution is -2.00. The lowest BCUT2D eigenvalue weighted by Crippen LogP contribution is -3.12. The first-order valence-electron chi connectivity index (χ1n) is 18.8. The van der Waals surface area contributed by atoms with Crippen molar-refractivity contribution in [1.82, 2.24) is 0 Å². The Labute approximate surface area is 266 Å². The smallest absolute Gasteiger partial charge is 0.0770 e. The molecular formula is C36H76ClNO4. The van der Waals surface area contributed by atoms with E-state index in [-0.39, 0.29) is 0 Å². The van der Waals surface area contributed by atoms with Crippen LogP contribution in [0.3, 0.4) is 0 Å². The monoisotopic (exact) mass is 622 g/mol. The summed E-state index contributed by atoms with van der Waals surface area (Å²) in [6, 6.07) is 0. The molecule has 0 amide bonds. The Morgan fingerprint density at radius 3 is 0.595 bits per heavy atom. The summed E-state index contributed by atoms with van der Waals surface area (Å²) in [6.45, 7) is 11.3. The minimum Gasteiger partial charge on any atom is -0.335 e. The van der Waals surface area contributed by atoms with Crippen LogP contribution >= 0.6 is 0 Å². The number of nitrogens with one attached hydrogen (secondary N) is 1. The van der Waals surface area contributed by atoms with Gasteiger partial charge in [-0.05, 0) is 38.5 Å². The normalized spacial score (nSPS) is 11.7. The zero-order valence-electron chi connectivity index (χ0n) is 28.8. The molecular weight excluding hydrogens is 546 g/mol. The fraction of sp³-hybridized carbons (Fsp3) is 1.00. The number of hydrogen-bond donors (Lipinski definition) is 1. The molecule has 0 saturated carbocycles. The SMILES string of the molecule is CCCCCCCCCCCC[NH+](CCCCCCCCCCCC)CCCCCCCCCCCC.[O-][Cl+3]([O-])([O-])[O-]. The Bertz CT molecular complexity index is 413. The molecule has 0 aliphatic heterocycles. The van der Waals surface area contributed by atoms with Crippen molar-refractivity contribution in [2.45, 2.75) is 213 Å². The molecule has 0 heterocycles. The highest BCUT2D eigenvalue weighted by Crippen LogP contribution is 2.12. The third-order valence-electron chi connectivity index (χ3n) is 8.65. The molecule has 0 aliphatic rings. The van der Waals surface area contributed by atoms with E-state index in [0.717, 1.165) is 0 Å². The molecule has 0 fully saturated rings. The molecule has 0 aromatic carbocycles. The maximum Gasteiger partial charge on any atom is 0.0770 e. The number of halogens is 1. The molecule has 0 unspecified atom stereocenters.